The molecule has 1 aromatic heterocycles. The van der Waals surface area contributed by atoms with E-state index in [1.807, 2.05) is 4.90 Å². The lowest BCUT2D eigenvalue weighted by molar-refractivity contribution is -0.134. The minimum absolute atomic E-state index is 0.0153. The van der Waals surface area contributed by atoms with E-state index in [4.69, 9.17) is 4.42 Å². The van der Waals surface area contributed by atoms with Crippen LogP contribution >= 0.6 is 0 Å². The predicted octanol–water partition coefficient (Wildman–Crippen LogP) is 2.44. The zero-order valence-corrected chi connectivity index (χ0v) is 13.0. The van der Waals surface area contributed by atoms with Crippen molar-refractivity contribution in [1.29, 1.82) is 0 Å². The molecule has 1 aromatic rings. The van der Waals surface area contributed by atoms with Crippen LogP contribution in [0, 0.1) is 5.41 Å². The first-order chi connectivity index (χ1) is 9.85. The Bertz CT molecular complexity index is 480. The Hall–Kier alpha value is -1.78. The second-order valence-electron chi connectivity index (χ2n) is 6.84. The lowest BCUT2D eigenvalue weighted by atomic mass is 9.91. The molecular formula is C16H24N2O3. The van der Waals surface area contributed by atoms with E-state index in [2.05, 4.69) is 26.1 Å². The molecule has 0 unspecified atom stereocenters. The van der Waals surface area contributed by atoms with Gasteiger partial charge in [0.25, 0.3) is 5.91 Å². The largest absolute Gasteiger partial charge is 0.459 e. The maximum absolute atomic E-state index is 12.2. The third kappa shape index (κ3) is 4.62. The first-order valence-corrected chi connectivity index (χ1v) is 7.47. The fraction of sp³-hybridized carbons (Fsp3) is 0.625. The van der Waals surface area contributed by atoms with Crippen LogP contribution in [0.25, 0.3) is 0 Å². The lowest BCUT2D eigenvalue weighted by Crippen LogP contribution is -2.47. The molecule has 0 aliphatic carbocycles. The molecule has 0 saturated carbocycles. The number of piperidine rings is 1. The van der Waals surface area contributed by atoms with Crippen LogP contribution in [0.1, 0.15) is 50.6 Å². The van der Waals surface area contributed by atoms with Crippen LogP contribution in [-0.4, -0.2) is 35.8 Å². The zero-order valence-electron chi connectivity index (χ0n) is 13.0. The number of hydrogen-bond donors (Lipinski definition) is 1. The second-order valence-corrected chi connectivity index (χ2v) is 6.84. The van der Waals surface area contributed by atoms with Crippen molar-refractivity contribution in [3.05, 3.63) is 24.2 Å². The number of rotatable bonds is 3. The van der Waals surface area contributed by atoms with Crippen molar-refractivity contribution >= 4 is 11.8 Å². The fourth-order valence-electron chi connectivity index (χ4n) is 2.50. The van der Waals surface area contributed by atoms with Gasteiger partial charge in [0.1, 0.15) is 0 Å². The van der Waals surface area contributed by atoms with Crippen molar-refractivity contribution in [2.45, 2.75) is 46.1 Å². The van der Waals surface area contributed by atoms with Gasteiger partial charge in [0.15, 0.2) is 5.76 Å². The topological polar surface area (TPSA) is 62.6 Å². The summed E-state index contributed by atoms with van der Waals surface area (Å²) in [7, 11) is 0. The summed E-state index contributed by atoms with van der Waals surface area (Å²) in [4.78, 5) is 25.9. The molecule has 5 nitrogen and oxygen atoms in total. The standard InChI is InChI=1S/C16H24N2O3/c1-16(2,3)11-14(19)18-8-6-12(7-9-18)17-15(20)13-5-4-10-21-13/h4-5,10,12H,6-9,11H2,1-3H3,(H,17,20). The minimum atomic E-state index is -0.181. The van der Waals surface area contributed by atoms with Gasteiger partial charge in [-0.3, -0.25) is 9.59 Å². The third-order valence-corrected chi connectivity index (χ3v) is 3.61. The Labute approximate surface area is 125 Å². The number of likely N-dealkylation sites (tertiary alicyclic amines) is 1. The molecule has 5 heteroatoms. The predicted molar refractivity (Wildman–Crippen MR) is 79.8 cm³/mol. The number of nitrogens with one attached hydrogen (secondary N) is 1. The van der Waals surface area contributed by atoms with Gasteiger partial charge in [-0.05, 0) is 30.4 Å². The molecule has 2 amide bonds. The van der Waals surface area contributed by atoms with Crippen LogP contribution in [0.5, 0.6) is 0 Å². The molecule has 0 atom stereocenters. The Morgan fingerprint density at radius 3 is 2.52 bits per heavy atom. The van der Waals surface area contributed by atoms with Crippen molar-refractivity contribution in [2.24, 2.45) is 5.41 Å². The van der Waals surface area contributed by atoms with Gasteiger partial charge in [-0.1, -0.05) is 20.8 Å². The third-order valence-electron chi connectivity index (χ3n) is 3.61. The van der Waals surface area contributed by atoms with Crippen LogP contribution in [0.2, 0.25) is 0 Å². The van der Waals surface area contributed by atoms with Crippen LogP contribution in [-0.2, 0) is 4.79 Å². The first-order valence-electron chi connectivity index (χ1n) is 7.47. The van der Waals surface area contributed by atoms with E-state index in [1.165, 1.54) is 6.26 Å². The normalized spacial score (nSPS) is 16.8. The number of furan rings is 1. The van der Waals surface area contributed by atoms with Crippen LogP contribution in [0.15, 0.2) is 22.8 Å². The summed E-state index contributed by atoms with van der Waals surface area (Å²) in [5.41, 5.74) is 0.0153. The number of hydrogen-bond acceptors (Lipinski definition) is 3. The van der Waals surface area contributed by atoms with Gasteiger partial charge >= 0.3 is 0 Å². The van der Waals surface area contributed by atoms with Gasteiger partial charge < -0.3 is 14.6 Å². The average Bonchev–Trinajstić information content (AvgIpc) is 2.91. The van der Waals surface area contributed by atoms with E-state index in [0.29, 0.717) is 25.3 Å². The van der Waals surface area contributed by atoms with Crippen molar-refractivity contribution in [1.82, 2.24) is 10.2 Å². The van der Waals surface area contributed by atoms with E-state index in [-0.39, 0.29) is 23.3 Å². The highest BCUT2D eigenvalue weighted by atomic mass is 16.3. The molecular weight excluding hydrogens is 268 g/mol. The fourth-order valence-corrected chi connectivity index (χ4v) is 2.50. The highest BCUT2D eigenvalue weighted by Gasteiger charge is 2.26. The summed E-state index contributed by atoms with van der Waals surface area (Å²) in [5, 5.41) is 2.96. The molecule has 1 aliphatic rings. The van der Waals surface area contributed by atoms with Crippen LogP contribution < -0.4 is 5.32 Å². The molecule has 1 N–H and O–H groups in total. The molecule has 0 aromatic carbocycles. The Balaban J connectivity index is 1.78. The Kier molecular flexibility index (Phi) is 4.70. The Morgan fingerprint density at radius 2 is 2.00 bits per heavy atom. The van der Waals surface area contributed by atoms with Gasteiger partial charge in [0, 0.05) is 25.6 Å². The highest BCUT2D eigenvalue weighted by molar-refractivity contribution is 5.91. The molecule has 21 heavy (non-hydrogen) atoms. The minimum Gasteiger partial charge on any atom is -0.459 e. The number of carbonyl (C=O) groups is 2. The molecule has 116 valence electrons. The summed E-state index contributed by atoms with van der Waals surface area (Å²) in [5.74, 6) is 0.360. The van der Waals surface area contributed by atoms with Gasteiger partial charge in [-0.2, -0.15) is 0 Å². The smallest absolute Gasteiger partial charge is 0.287 e. The van der Waals surface area contributed by atoms with E-state index in [0.717, 1.165) is 12.8 Å². The van der Waals surface area contributed by atoms with Crippen molar-refractivity contribution < 1.29 is 14.0 Å². The SMILES string of the molecule is CC(C)(C)CC(=O)N1CCC(NC(=O)c2ccco2)CC1. The molecule has 2 rings (SSSR count). The van der Waals surface area contributed by atoms with E-state index >= 15 is 0 Å². The van der Waals surface area contributed by atoms with Gasteiger partial charge in [0.05, 0.1) is 6.26 Å². The van der Waals surface area contributed by atoms with Gasteiger partial charge in [-0.15, -0.1) is 0 Å². The molecule has 0 bridgehead atoms. The van der Waals surface area contributed by atoms with E-state index < -0.39 is 0 Å². The summed E-state index contributed by atoms with van der Waals surface area (Å²) in [6, 6.07) is 3.46. The van der Waals surface area contributed by atoms with Crippen LogP contribution in [0.4, 0.5) is 0 Å². The van der Waals surface area contributed by atoms with E-state index in [9.17, 15) is 9.59 Å². The summed E-state index contributed by atoms with van der Waals surface area (Å²) in [6.07, 6.45) is 3.64. The quantitative estimate of drug-likeness (QED) is 0.930. The van der Waals surface area contributed by atoms with Crippen LogP contribution in [0.3, 0.4) is 0 Å². The summed E-state index contributed by atoms with van der Waals surface area (Å²) < 4.78 is 5.07. The average molecular weight is 292 g/mol. The zero-order chi connectivity index (χ0) is 15.5. The molecule has 0 spiro atoms. The second kappa shape index (κ2) is 6.33. The molecule has 1 aliphatic heterocycles. The van der Waals surface area contributed by atoms with Gasteiger partial charge in [-0.25, -0.2) is 0 Å². The Morgan fingerprint density at radius 1 is 1.33 bits per heavy atom. The molecule has 0 radical (unpaired) electrons. The summed E-state index contributed by atoms with van der Waals surface area (Å²) in [6.45, 7) is 7.62. The van der Waals surface area contributed by atoms with Crippen molar-refractivity contribution in [3.63, 3.8) is 0 Å². The van der Waals surface area contributed by atoms with E-state index in [1.54, 1.807) is 12.1 Å². The number of nitrogens with zero attached hydrogens (tertiary/aromatic N) is 1. The number of carbonyl (C=O) groups excluding carboxylic acids is 2. The highest BCUT2D eigenvalue weighted by Crippen LogP contribution is 2.21. The first kappa shape index (κ1) is 15.6. The lowest BCUT2D eigenvalue weighted by Gasteiger charge is -2.33. The van der Waals surface area contributed by atoms with Gasteiger partial charge in [0.2, 0.25) is 5.91 Å². The maximum Gasteiger partial charge on any atom is 0.287 e. The van der Waals surface area contributed by atoms with Crippen molar-refractivity contribution in [3.8, 4) is 0 Å². The summed E-state index contributed by atoms with van der Waals surface area (Å²) >= 11 is 0. The molecule has 1 saturated heterocycles. The molecule has 1 fully saturated rings. The molecule has 2 heterocycles. The monoisotopic (exact) mass is 292 g/mol. The van der Waals surface area contributed by atoms with Crippen molar-refractivity contribution in [2.75, 3.05) is 13.1 Å². The maximum atomic E-state index is 12.2. The number of amides is 2.